The first-order valence-electron chi connectivity index (χ1n) is 5.02. The molecule has 1 N–H and O–H groups in total. The molecule has 0 aliphatic heterocycles. The minimum Gasteiger partial charge on any atom is -0.317 e. The molecule has 1 atom stereocenters. The van der Waals surface area contributed by atoms with Crippen molar-refractivity contribution in [3.05, 3.63) is 0 Å². The van der Waals surface area contributed by atoms with E-state index in [2.05, 4.69) is 26.1 Å². The average Bonchev–Trinajstić information content (AvgIpc) is 2.05. The van der Waals surface area contributed by atoms with Crippen LogP contribution in [-0.4, -0.2) is 13.1 Å². The molecule has 0 saturated carbocycles. The first-order chi connectivity index (χ1) is 5.31. The van der Waals surface area contributed by atoms with Crippen LogP contribution in [0.4, 0.5) is 0 Å². The zero-order valence-corrected chi connectivity index (χ0v) is 8.91. The van der Waals surface area contributed by atoms with Gasteiger partial charge in [-0.1, -0.05) is 41.0 Å². The van der Waals surface area contributed by atoms with Gasteiger partial charge >= 0.3 is 0 Å². The van der Waals surface area contributed by atoms with E-state index in [4.69, 9.17) is 0 Å². The van der Waals surface area contributed by atoms with E-state index in [1.165, 1.54) is 19.4 Å². The molecular weight excluding hydrogens is 134 g/mol. The van der Waals surface area contributed by atoms with Gasteiger partial charge in [0.15, 0.2) is 0 Å². The lowest BCUT2D eigenvalue weighted by molar-refractivity contribution is 0.484. The van der Waals surface area contributed by atoms with E-state index in [0.717, 1.165) is 12.5 Å². The highest BCUT2D eigenvalue weighted by molar-refractivity contribution is 4.53. The Balaban J connectivity index is 0. The summed E-state index contributed by atoms with van der Waals surface area (Å²) >= 11 is 0. The van der Waals surface area contributed by atoms with Crippen LogP contribution in [-0.2, 0) is 0 Å². The second-order valence-corrected chi connectivity index (χ2v) is 2.70. The summed E-state index contributed by atoms with van der Waals surface area (Å²) in [5.74, 6) is 0.856. The Kier molecular flexibility index (Phi) is 15.5. The van der Waals surface area contributed by atoms with Crippen LogP contribution < -0.4 is 5.32 Å². The van der Waals surface area contributed by atoms with Gasteiger partial charge in [-0.25, -0.2) is 0 Å². The molecule has 0 spiro atoms. The van der Waals surface area contributed by atoms with Gasteiger partial charge in [-0.3, -0.25) is 0 Å². The van der Waals surface area contributed by atoms with Gasteiger partial charge in [0.1, 0.15) is 0 Å². The summed E-state index contributed by atoms with van der Waals surface area (Å²) < 4.78 is 0. The lowest BCUT2D eigenvalue weighted by Crippen LogP contribution is -2.20. The first-order valence-corrected chi connectivity index (χ1v) is 5.02. The molecule has 0 aromatic rings. The Morgan fingerprint density at radius 1 is 1.18 bits per heavy atom. The number of rotatable bonds is 5. The average molecular weight is 159 g/mol. The van der Waals surface area contributed by atoms with E-state index in [9.17, 15) is 0 Å². The highest BCUT2D eigenvalue weighted by atomic mass is 14.8. The molecule has 1 nitrogen and oxygen atoms in total. The van der Waals surface area contributed by atoms with E-state index in [0.29, 0.717) is 0 Å². The SMILES string of the molecule is CC.CCC[C@H](C)CNCC. The largest absolute Gasteiger partial charge is 0.317 e. The van der Waals surface area contributed by atoms with Crippen molar-refractivity contribution in [1.29, 1.82) is 0 Å². The molecule has 70 valence electrons. The zero-order valence-electron chi connectivity index (χ0n) is 8.91. The molecular formula is C10H25N. The van der Waals surface area contributed by atoms with Crippen molar-refractivity contribution in [2.75, 3.05) is 13.1 Å². The molecule has 0 unspecified atom stereocenters. The lowest BCUT2D eigenvalue weighted by atomic mass is 10.1. The van der Waals surface area contributed by atoms with Gasteiger partial charge in [-0.15, -0.1) is 0 Å². The van der Waals surface area contributed by atoms with Crippen LogP contribution in [0.1, 0.15) is 47.5 Å². The molecule has 0 radical (unpaired) electrons. The van der Waals surface area contributed by atoms with E-state index >= 15 is 0 Å². The molecule has 0 heterocycles. The van der Waals surface area contributed by atoms with Crippen molar-refractivity contribution in [1.82, 2.24) is 5.32 Å². The monoisotopic (exact) mass is 159 g/mol. The fraction of sp³-hybridized carbons (Fsp3) is 1.00. The molecule has 0 aromatic heterocycles. The summed E-state index contributed by atoms with van der Waals surface area (Å²) in [5.41, 5.74) is 0. The van der Waals surface area contributed by atoms with Gasteiger partial charge in [-0.05, 0) is 25.4 Å². The van der Waals surface area contributed by atoms with E-state index in [-0.39, 0.29) is 0 Å². The zero-order chi connectivity index (χ0) is 9.11. The number of hydrogen-bond donors (Lipinski definition) is 1. The van der Waals surface area contributed by atoms with Crippen molar-refractivity contribution in [3.63, 3.8) is 0 Å². The van der Waals surface area contributed by atoms with Gasteiger partial charge in [-0.2, -0.15) is 0 Å². The maximum Gasteiger partial charge on any atom is -0.00233 e. The third kappa shape index (κ3) is 13.0. The van der Waals surface area contributed by atoms with Gasteiger partial charge in [0.25, 0.3) is 0 Å². The number of nitrogens with one attached hydrogen (secondary N) is 1. The van der Waals surface area contributed by atoms with Crippen molar-refractivity contribution < 1.29 is 0 Å². The van der Waals surface area contributed by atoms with Crippen LogP contribution in [0.3, 0.4) is 0 Å². The predicted octanol–water partition coefficient (Wildman–Crippen LogP) is 3.06. The Morgan fingerprint density at radius 2 is 1.73 bits per heavy atom. The lowest BCUT2D eigenvalue weighted by Gasteiger charge is -2.08. The Labute approximate surface area is 72.6 Å². The summed E-state index contributed by atoms with van der Waals surface area (Å²) in [7, 11) is 0. The van der Waals surface area contributed by atoms with Crippen molar-refractivity contribution in [2.45, 2.75) is 47.5 Å². The fourth-order valence-corrected chi connectivity index (χ4v) is 0.986. The van der Waals surface area contributed by atoms with Crippen LogP contribution in [0.2, 0.25) is 0 Å². The van der Waals surface area contributed by atoms with Gasteiger partial charge in [0.2, 0.25) is 0 Å². The van der Waals surface area contributed by atoms with Crippen LogP contribution in [0.15, 0.2) is 0 Å². The molecule has 0 rings (SSSR count). The third-order valence-corrected chi connectivity index (χ3v) is 1.52. The third-order valence-electron chi connectivity index (χ3n) is 1.52. The molecule has 0 fully saturated rings. The van der Waals surface area contributed by atoms with Crippen LogP contribution in [0, 0.1) is 5.92 Å². The summed E-state index contributed by atoms with van der Waals surface area (Å²) in [6.07, 6.45) is 2.67. The van der Waals surface area contributed by atoms with Crippen molar-refractivity contribution in [2.24, 2.45) is 5.92 Å². The molecule has 0 amide bonds. The van der Waals surface area contributed by atoms with Crippen molar-refractivity contribution in [3.8, 4) is 0 Å². The van der Waals surface area contributed by atoms with Gasteiger partial charge in [0.05, 0.1) is 0 Å². The van der Waals surface area contributed by atoms with E-state index in [1.807, 2.05) is 13.8 Å². The highest BCUT2D eigenvalue weighted by Gasteiger charge is 1.96. The summed E-state index contributed by atoms with van der Waals surface area (Å²) in [4.78, 5) is 0. The smallest absolute Gasteiger partial charge is 0.00233 e. The molecule has 0 aliphatic rings. The normalized spacial score (nSPS) is 11.7. The second kappa shape index (κ2) is 12.6. The van der Waals surface area contributed by atoms with Crippen molar-refractivity contribution >= 4 is 0 Å². The number of hydrogen-bond acceptors (Lipinski definition) is 1. The fourth-order valence-electron chi connectivity index (χ4n) is 0.986. The summed E-state index contributed by atoms with van der Waals surface area (Å²) in [5, 5.41) is 3.33. The van der Waals surface area contributed by atoms with Crippen LogP contribution in [0.5, 0.6) is 0 Å². The predicted molar refractivity (Wildman–Crippen MR) is 54.0 cm³/mol. The van der Waals surface area contributed by atoms with Crippen LogP contribution >= 0.6 is 0 Å². The van der Waals surface area contributed by atoms with Gasteiger partial charge in [0, 0.05) is 0 Å². The quantitative estimate of drug-likeness (QED) is 0.650. The molecule has 0 aromatic carbocycles. The Bertz CT molecular complexity index is 52.8. The Morgan fingerprint density at radius 3 is 2.09 bits per heavy atom. The topological polar surface area (TPSA) is 12.0 Å². The molecule has 0 aliphatic carbocycles. The van der Waals surface area contributed by atoms with Crippen LogP contribution in [0.25, 0.3) is 0 Å². The molecule has 11 heavy (non-hydrogen) atoms. The van der Waals surface area contributed by atoms with E-state index in [1.54, 1.807) is 0 Å². The molecule has 1 heteroatoms. The second-order valence-electron chi connectivity index (χ2n) is 2.70. The van der Waals surface area contributed by atoms with Gasteiger partial charge < -0.3 is 5.32 Å². The first kappa shape index (κ1) is 13.5. The Hall–Kier alpha value is -0.0400. The maximum atomic E-state index is 3.33. The molecule has 0 saturated heterocycles. The molecule has 0 bridgehead atoms. The summed E-state index contributed by atoms with van der Waals surface area (Å²) in [6, 6.07) is 0. The highest BCUT2D eigenvalue weighted by Crippen LogP contribution is 2.01. The standard InChI is InChI=1S/C8H19N.C2H6/c1-4-6-8(3)7-9-5-2;1-2/h8-9H,4-7H2,1-3H3;1-2H3/t8-;/m0./s1. The maximum absolute atomic E-state index is 3.33. The minimum absolute atomic E-state index is 0.856. The minimum atomic E-state index is 0.856. The summed E-state index contributed by atoms with van der Waals surface area (Å²) in [6.45, 7) is 13.0. The van der Waals surface area contributed by atoms with E-state index < -0.39 is 0 Å².